The average molecular weight is 195 g/mol. The molecule has 1 aliphatic heterocycles. The van der Waals surface area contributed by atoms with Gasteiger partial charge < -0.3 is 15.0 Å². The van der Waals surface area contributed by atoms with Gasteiger partial charge in [0.25, 0.3) is 5.56 Å². The van der Waals surface area contributed by atoms with Gasteiger partial charge in [0.1, 0.15) is 11.6 Å². The van der Waals surface area contributed by atoms with Crippen LogP contribution in [0, 0.1) is 6.92 Å². The third kappa shape index (κ3) is 1.63. The number of H-pyrrole nitrogens is 1. The molecule has 0 atom stereocenters. The van der Waals surface area contributed by atoms with Crippen LogP contribution in [0.25, 0.3) is 0 Å². The third-order valence-electron chi connectivity index (χ3n) is 2.23. The minimum atomic E-state index is -0.641. The minimum Gasteiger partial charge on any atom is -0.386 e. The number of rotatable bonds is 1. The third-order valence-corrected chi connectivity index (χ3v) is 2.23. The lowest BCUT2D eigenvalue weighted by Gasteiger charge is -2.44. The van der Waals surface area contributed by atoms with Crippen LogP contribution in [-0.2, 0) is 0 Å². The summed E-state index contributed by atoms with van der Waals surface area (Å²) >= 11 is 0. The maximum atomic E-state index is 11.1. The van der Waals surface area contributed by atoms with E-state index in [2.05, 4.69) is 9.97 Å². The zero-order valence-corrected chi connectivity index (χ0v) is 8.24. The summed E-state index contributed by atoms with van der Waals surface area (Å²) in [5.41, 5.74) is -0.794. The van der Waals surface area contributed by atoms with E-state index in [9.17, 15) is 9.90 Å². The highest BCUT2D eigenvalue weighted by molar-refractivity contribution is 5.42. The van der Waals surface area contributed by atoms with E-state index in [1.165, 1.54) is 6.07 Å². The lowest BCUT2D eigenvalue weighted by Crippen LogP contribution is -2.60. The normalized spacial score (nSPS) is 19.2. The van der Waals surface area contributed by atoms with Crippen LogP contribution in [-0.4, -0.2) is 33.8 Å². The number of aliphatic hydroxyl groups is 1. The molecule has 0 radical (unpaired) electrons. The summed E-state index contributed by atoms with van der Waals surface area (Å²) in [4.78, 5) is 19.8. The smallest absolute Gasteiger partial charge is 0.252 e. The summed E-state index contributed by atoms with van der Waals surface area (Å²) < 4.78 is 0. The van der Waals surface area contributed by atoms with Gasteiger partial charge in [0, 0.05) is 19.2 Å². The minimum absolute atomic E-state index is 0.154. The molecule has 14 heavy (non-hydrogen) atoms. The Morgan fingerprint density at radius 2 is 2.29 bits per heavy atom. The quantitative estimate of drug-likeness (QED) is 0.642. The van der Waals surface area contributed by atoms with Crippen LogP contribution in [0.2, 0.25) is 0 Å². The molecular weight excluding hydrogens is 182 g/mol. The van der Waals surface area contributed by atoms with Crippen molar-refractivity contribution in [3.8, 4) is 0 Å². The molecule has 1 aliphatic rings. The van der Waals surface area contributed by atoms with Crippen LogP contribution in [0.3, 0.4) is 0 Å². The highest BCUT2D eigenvalue weighted by Gasteiger charge is 2.37. The second-order valence-electron chi connectivity index (χ2n) is 4.04. The van der Waals surface area contributed by atoms with Crippen molar-refractivity contribution in [2.45, 2.75) is 19.4 Å². The molecule has 1 aromatic heterocycles. The van der Waals surface area contributed by atoms with Crippen LogP contribution >= 0.6 is 0 Å². The molecule has 5 heteroatoms. The number of hydrogen-bond donors (Lipinski definition) is 2. The van der Waals surface area contributed by atoms with Crippen LogP contribution < -0.4 is 10.5 Å². The van der Waals surface area contributed by atoms with Gasteiger partial charge in [-0.05, 0) is 13.8 Å². The van der Waals surface area contributed by atoms with E-state index in [-0.39, 0.29) is 5.56 Å². The lowest BCUT2D eigenvalue weighted by molar-refractivity contribution is 0.0305. The highest BCUT2D eigenvalue weighted by atomic mass is 16.3. The molecule has 1 fully saturated rings. The van der Waals surface area contributed by atoms with E-state index in [0.717, 1.165) is 0 Å². The topological polar surface area (TPSA) is 69.2 Å². The number of nitrogens with zero attached hydrogens (tertiary/aromatic N) is 2. The molecule has 0 bridgehead atoms. The highest BCUT2D eigenvalue weighted by Crippen LogP contribution is 2.24. The molecule has 0 aliphatic carbocycles. The summed E-state index contributed by atoms with van der Waals surface area (Å²) in [6.07, 6.45) is 0. The molecule has 76 valence electrons. The van der Waals surface area contributed by atoms with E-state index in [1.807, 2.05) is 4.90 Å². The van der Waals surface area contributed by atoms with E-state index in [4.69, 9.17) is 0 Å². The molecule has 1 saturated heterocycles. The van der Waals surface area contributed by atoms with Gasteiger partial charge in [-0.1, -0.05) is 0 Å². The molecule has 2 heterocycles. The van der Waals surface area contributed by atoms with E-state index in [1.54, 1.807) is 13.8 Å². The summed E-state index contributed by atoms with van der Waals surface area (Å²) in [7, 11) is 0. The van der Waals surface area contributed by atoms with Crippen molar-refractivity contribution in [3.63, 3.8) is 0 Å². The summed E-state index contributed by atoms with van der Waals surface area (Å²) in [6, 6.07) is 1.45. The number of hydrogen-bond acceptors (Lipinski definition) is 4. The standard InChI is InChI=1S/C9H13N3O2/c1-6-10-7(3-8(13)11-6)12-4-9(2,14)5-12/h3,14H,4-5H2,1-2H3,(H,10,11,13). The molecule has 5 nitrogen and oxygen atoms in total. The van der Waals surface area contributed by atoms with Gasteiger partial charge in [-0.25, -0.2) is 4.98 Å². The van der Waals surface area contributed by atoms with E-state index in [0.29, 0.717) is 24.7 Å². The van der Waals surface area contributed by atoms with Crippen molar-refractivity contribution >= 4 is 5.82 Å². The Kier molecular flexibility index (Phi) is 1.85. The predicted molar refractivity (Wildman–Crippen MR) is 52.4 cm³/mol. The van der Waals surface area contributed by atoms with E-state index < -0.39 is 5.60 Å². The Bertz CT molecular complexity index is 403. The van der Waals surface area contributed by atoms with Gasteiger partial charge in [0.2, 0.25) is 0 Å². The summed E-state index contributed by atoms with van der Waals surface area (Å²) in [5, 5.41) is 9.53. The fourth-order valence-electron chi connectivity index (χ4n) is 1.66. The first-order valence-corrected chi connectivity index (χ1v) is 4.52. The molecule has 0 saturated carbocycles. The van der Waals surface area contributed by atoms with Crippen molar-refractivity contribution < 1.29 is 5.11 Å². The van der Waals surface area contributed by atoms with Crippen LogP contribution in [0.4, 0.5) is 5.82 Å². The summed E-state index contributed by atoms with van der Waals surface area (Å²) in [5.74, 6) is 1.23. The maximum absolute atomic E-state index is 11.1. The van der Waals surface area contributed by atoms with Crippen molar-refractivity contribution in [2.75, 3.05) is 18.0 Å². The number of β-amino-alcohol motifs (C(OH)–C–C–N with tert-alkyl or cyclic N) is 1. The molecule has 1 aromatic rings. The zero-order valence-electron chi connectivity index (χ0n) is 8.24. The van der Waals surface area contributed by atoms with Gasteiger partial charge in [-0.2, -0.15) is 0 Å². The van der Waals surface area contributed by atoms with Crippen molar-refractivity contribution in [2.24, 2.45) is 0 Å². The van der Waals surface area contributed by atoms with Crippen molar-refractivity contribution in [3.05, 3.63) is 22.2 Å². The Morgan fingerprint density at radius 1 is 1.64 bits per heavy atom. The number of nitrogens with one attached hydrogen (secondary N) is 1. The molecule has 2 rings (SSSR count). The first-order chi connectivity index (χ1) is 6.46. The fourth-order valence-corrected chi connectivity index (χ4v) is 1.66. The Labute approximate surface area is 81.4 Å². The average Bonchev–Trinajstić information content (AvgIpc) is 1.97. The second-order valence-corrected chi connectivity index (χ2v) is 4.04. The molecule has 2 N–H and O–H groups in total. The predicted octanol–water partition coefficient (Wildman–Crippen LogP) is -0.351. The monoisotopic (exact) mass is 195 g/mol. The molecule has 0 unspecified atom stereocenters. The number of aryl methyl sites for hydroxylation is 1. The van der Waals surface area contributed by atoms with Gasteiger partial charge in [0.15, 0.2) is 0 Å². The van der Waals surface area contributed by atoms with Crippen LogP contribution in [0.5, 0.6) is 0 Å². The number of aromatic amines is 1. The van der Waals surface area contributed by atoms with Crippen LogP contribution in [0.1, 0.15) is 12.7 Å². The van der Waals surface area contributed by atoms with Crippen LogP contribution in [0.15, 0.2) is 10.9 Å². The number of anilines is 1. The lowest BCUT2D eigenvalue weighted by atomic mass is 9.97. The fraction of sp³-hybridized carbons (Fsp3) is 0.556. The van der Waals surface area contributed by atoms with Gasteiger partial charge in [-0.15, -0.1) is 0 Å². The SMILES string of the molecule is Cc1nc(N2CC(C)(O)C2)cc(=O)[nH]1. The molecule has 0 aromatic carbocycles. The zero-order chi connectivity index (χ0) is 10.3. The van der Waals surface area contributed by atoms with Crippen molar-refractivity contribution in [1.82, 2.24) is 9.97 Å². The van der Waals surface area contributed by atoms with Gasteiger partial charge >= 0.3 is 0 Å². The maximum Gasteiger partial charge on any atom is 0.252 e. The van der Waals surface area contributed by atoms with E-state index >= 15 is 0 Å². The molecular formula is C9H13N3O2. The Balaban J connectivity index is 2.23. The second kappa shape index (κ2) is 2.81. The molecule has 0 spiro atoms. The Morgan fingerprint density at radius 3 is 2.79 bits per heavy atom. The first-order valence-electron chi connectivity index (χ1n) is 4.52. The Hall–Kier alpha value is -1.36. The molecule has 0 amide bonds. The largest absolute Gasteiger partial charge is 0.386 e. The first kappa shape index (κ1) is 9.21. The van der Waals surface area contributed by atoms with Gasteiger partial charge in [0.05, 0.1) is 5.60 Å². The van der Waals surface area contributed by atoms with Gasteiger partial charge in [-0.3, -0.25) is 4.79 Å². The summed E-state index contributed by atoms with van der Waals surface area (Å²) in [6.45, 7) is 4.57. The number of aromatic nitrogens is 2. The van der Waals surface area contributed by atoms with Crippen molar-refractivity contribution in [1.29, 1.82) is 0 Å².